The Kier molecular flexibility index (Phi) is 6.10. The number of aromatic amines is 1. The molecule has 2 N–H and O–H groups in total. The summed E-state index contributed by atoms with van der Waals surface area (Å²) in [6, 6.07) is 20.7. The molecule has 1 aromatic heterocycles. The van der Waals surface area contributed by atoms with Crippen LogP contribution in [-0.2, 0) is 11.2 Å². The van der Waals surface area contributed by atoms with E-state index in [-0.39, 0.29) is 17.7 Å². The highest BCUT2D eigenvalue weighted by atomic mass is 16.5. The topological polar surface area (TPSA) is 94.7 Å². The van der Waals surface area contributed by atoms with Gasteiger partial charge in [0.15, 0.2) is 0 Å². The van der Waals surface area contributed by atoms with E-state index in [1.807, 2.05) is 62.4 Å². The first-order valence-electron chi connectivity index (χ1n) is 13.2. The molecule has 6 rings (SSSR count). The Labute approximate surface area is 226 Å². The third kappa shape index (κ3) is 4.03. The number of carbonyl (C=O) groups is 3. The van der Waals surface area contributed by atoms with E-state index in [9.17, 15) is 14.4 Å². The van der Waals surface area contributed by atoms with Crippen LogP contribution < -0.4 is 15.0 Å². The van der Waals surface area contributed by atoms with Crippen LogP contribution in [0.2, 0.25) is 0 Å². The fourth-order valence-corrected chi connectivity index (χ4v) is 5.68. The average molecular weight is 523 g/mol. The lowest BCUT2D eigenvalue weighted by molar-refractivity contribution is -0.120. The van der Waals surface area contributed by atoms with Crippen molar-refractivity contribution in [3.05, 3.63) is 95.2 Å². The van der Waals surface area contributed by atoms with Crippen molar-refractivity contribution in [3.8, 4) is 5.75 Å². The first-order valence-corrected chi connectivity index (χ1v) is 13.2. The second-order valence-electron chi connectivity index (χ2n) is 10.4. The number of nitrogens with zero attached hydrogens (tertiary/aromatic N) is 2. The van der Waals surface area contributed by atoms with Crippen molar-refractivity contribution in [1.29, 1.82) is 0 Å². The van der Waals surface area contributed by atoms with Gasteiger partial charge >= 0.3 is 6.03 Å². The maximum Gasteiger partial charge on any atom is 0.332 e. The molecule has 39 heavy (non-hydrogen) atoms. The number of fused-ring (bicyclic) bond motifs is 4. The summed E-state index contributed by atoms with van der Waals surface area (Å²) in [5, 5.41) is 3.95. The Morgan fingerprint density at radius 1 is 1.03 bits per heavy atom. The molecule has 0 saturated carbocycles. The Balaban J connectivity index is 1.46. The van der Waals surface area contributed by atoms with Gasteiger partial charge in [0.25, 0.3) is 11.8 Å². The number of imide groups is 1. The maximum absolute atomic E-state index is 14.2. The SMILES string of the molecule is COc1ccc([C@H]2c3[nH]c4ccccc4c3C[C@H]3C(=O)N(c4ccccc4C(=O)NCC(C)C)C(=O)N23)cc1. The van der Waals surface area contributed by atoms with Crippen molar-refractivity contribution >= 4 is 34.4 Å². The van der Waals surface area contributed by atoms with Crippen molar-refractivity contribution in [1.82, 2.24) is 15.2 Å². The predicted molar refractivity (Wildman–Crippen MR) is 149 cm³/mol. The van der Waals surface area contributed by atoms with Crippen LogP contribution >= 0.6 is 0 Å². The van der Waals surface area contributed by atoms with Gasteiger partial charge in [-0.05, 0) is 47.4 Å². The molecular formula is C31H30N4O4. The summed E-state index contributed by atoms with van der Waals surface area (Å²) >= 11 is 0. The molecule has 0 spiro atoms. The minimum Gasteiger partial charge on any atom is -0.497 e. The van der Waals surface area contributed by atoms with Gasteiger partial charge in [-0.3, -0.25) is 14.5 Å². The molecule has 4 aromatic rings. The number of nitrogens with one attached hydrogen (secondary N) is 2. The summed E-state index contributed by atoms with van der Waals surface area (Å²) < 4.78 is 5.36. The monoisotopic (exact) mass is 522 g/mol. The molecule has 1 fully saturated rings. The molecule has 2 atom stereocenters. The van der Waals surface area contributed by atoms with Crippen LogP contribution in [0.25, 0.3) is 10.9 Å². The molecule has 0 bridgehead atoms. The fourth-order valence-electron chi connectivity index (χ4n) is 5.68. The van der Waals surface area contributed by atoms with Crippen LogP contribution in [0, 0.1) is 5.92 Å². The number of aromatic nitrogens is 1. The van der Waals surface area contributed by atoms with Crippen LogP contribution in [0.15, 0.2) is 72.8 Å². The third-order valence-electron chi connectivity index (χ3n) is 7.54. The number of urea groups is 1. The lowest BCUT2D eigenvalue weighted by atomic mass is 9.89. The van der Waals surface area contributed by atoms with Gasteiger partial charge in [-0.25, -0.2) is 9.69 Å². The number of para-hydroxylation sites is 2. The number of hydrogen-bond acceptors (Lipinski definition) is 4. The van der Waals surface area contributed by atoms with E-state index in [0.717, 1.165) is 27.7 Å². The highest BCUT2D eigenvalue weighted by molar-refractivity contribution is 6.24. The first-order chi connectivity index (χ1) is 18.9. The fraction of sp³-hybridized carbons (Fsp3) is 0.258. The molecule has 2 aliphatic heterocycles. The Bertz CT molecular complexity index is 1590. The normalized spacial score (nSPS) is 18.5. The van der Waals surface area contributed by atoms with Crippen molar-refractivity contribution in [2.24, 2.45) is 5.92 Å². The molecule has 8 heteroatoms. The molecule has 0 radical (unpaired) electrons. The summed E-state index contributed by atoms with van der Waals surface area (Å²) in [5.74, 6) is 0.320. The van der Waals surface area contributed by atoms with Gasteiger partial charge in [-0.2, -0.15) is 0 Å². The van der Waals surface area contributed by atoms with Crippen LogP contribution in [0.3, 0.4) is 0 Å². The number of anilines is 1. The lowest BCUT2D eigenvalue weighted by Gasteiger charge is -2.36. The van der Waals surface area contributed by atoms with Gasteiger partial charge in [0.2, 0.25) is 0 Å². The number of benzene rings is 3. The summed E-state index contributed by atoms with van der Waals surface area (Å²) in [5.41, 5.74) is 4.34. The molecule has 4 amide bonds. The zero-order chi connectivity index (χ0) is 27.3. The van der Waals surface area contributed by atoms with Crippen molar-refractivity contribution < 1.29 is 19.1 Å². The molecule has 0 aliphatic carbocycles. The number of ether oxygens (including phenoxy) is 1. The molecule has 3 heterocycles. The second-order valence-corrected chi connectivity index (χ2v) is 10.4. The van der Waals surface area contributed by atoms with Crippen molar-refractivity contribution in [3.63, 3.8) is 0 Å². The lowest BCUT2D eigenvalue weighted by Crippen LogP contribution is -2.44. The Morgan fingerprint density at radius 3 is 2.49 bits per heavy atom. The first kappa shape index (κ1) is 24.7. The number of carbonyl (C=O) groups excluding carboxylic acids is 3. The van der Waals surface area contributed by atoms with Crippen LogP contribution in [0.4, 0.5) is 10.5 Å². The van der Waals surface area contributed by atoms with Crippen molar-refractivity contribution in [2.75, 3.05) is 18.6 Å². The van der Waals surface area contributed by atoms with Gasteiger partial charge in [0, 0.05) is 29.6 Å². The van der Waals surface area contributed by atoms with E-state index < -0.39 is 18.1 Å². The number of H-pyrrole nitrogens is 1. The molecular weight excluding hydrogens is 492 g/mol. The molecule has 1 saturated heterocycles. The number of amides is 4. The van der Waals surface area contributed by atoms with Crippen molar-refractivity contribution in [2.45, 2.75) is 32.4 Å². The van der Waals surface area contributed by atoms with E-state index in [1.54, 1.807) is 36.3 Å². The quantitative estimate of drug-likeness (QED) is 0.347. The number of methoxy groups -OCH3 is 1. The van der Waals surface area contributed by atoms with Gasteiger partial charge in [-0.15, -0.1) is 0 Å². The highest BCUT2D eigenvalue weighted by Gasteiger charge is 2.53. The number of hydrogen-bond donors (Lipinski definition) is 2. The van der Waals surface area contributed by atoms with E-state index >= 15 is 0 Å². The maximum atomic E-state index is 14.2. The summed E-state index contributed by atoms with van der Waals surface area (Å²) in [7, 11) is 1.61. The highest BCUT2D eigenvalue weighted by Crippen LogP contribution is 2.45. The molecule has 2 aliphatic rings. The molecule has 0 unspecified atom stereocenters. The largest absolute Gasteiger partial charge is 0.497 e. The van der Waals surface area contributed by atoms with Crippen LogP contribution in [0.1, 0.15) is 47.1 Å². The van der Waals surface area contributed by atoms with Crippen LogP contribution in [-0.4, -0.2) is 47.4 Å². The summed E-state index contributed by atoms with van der Waals surface area (Å²) in [6.45, 7) is 4.51. The zero-order valence-electron chi connectivity index (χ0n) is 22.1. The van der Waals surface area contributed by atoms with Gasteiger partial charge in [-0.1, -0.05) is 56.3 Å². The zero-order valence-corrected chi connectivity index (χ0v) is 22.1. The average Bonchev–Trinajstić information content (AvgIpc) is 3.44. The smallest absolute Gasteiger partial charge is 0.332 e. The van der Waals surface area contributed by atoms with Crippen LogP contribution in [0.5, 0.6) is 5.75 Å². The van der Waals surface area contributed by atoms with E-state index in [2.05, 4.69) is 10.3 Å². The minimum absolute atomic E-state index is 0.263. The summed E-state index contributed by atoms with van der Waals surface area (Å²) in [6.07, 6.45) is 0.384. The molecule has 198 valence electrons. The Hall–Kier alpha value is -4.59. The molecule has 8 nitrogen and oxygen atoms in total. The van der Waals surface area contributed by atoms with Gasteiger partial charge in [0.1, 0.15) is 17.8 Å². The third-order valence-corrected chi connectivity index (χ3v) is 7.54. The Morgan fingerprint density at radius 2 is 1.74 bits per heavy atom. The number of rotatable bonds is 6. The second kappa shape index (κ2) is 9.62. The standard InChI is InChI=1S/C31H30N4O4/c1-18(2)17-32-29(36)22-9-5-7-11-25(22)35-30(37)26-16-23-21-8-4-6-10-24(21)33-27(23)28(34(26)31(35)38)19-12-14-20(39-3)15-13-19/h4-15,18,26,28,33H,16-17H2,1-3H3,(H,32,36)/t26-,28-/m0/s1. The van der Waals surface area contributed by atoms with Gasteiger partial charge < -0.3 is 15.0 Å². The molecule has 3 aromatic carbocycles. The van der Waals surface area contributed by atoms with E-state index in [4.69, 9.17) is 4.74 Å². The van der Waals surface area contributed by atoms with E-state index in [1.165, 1.54) is 4.90 Å². The summed E-state index contributed by atoms with van der Waals surface area (Å²) in [4.78, 5) is 47.7. The van der Waals surface area contributed by atoms with Gasteiger partial charge in [0.05, 0.1) is 18.4 Å². The van der Waals surface area contributed by atoms with E-state index in [0.29, 0.717) is 30.0 Å². The predicted octanol–water partition coefficient (Wildman–Crippen LogP) is 5.05. The minimum atomic E-state index is -0.705.